The van der Waals surface area contributed by atoms with E-state index in [1.807, 2.05) is 0 Å². The van der Waals surface area contributed by atoms with Crippen molar-refractivity contribution in [1.29, 1.82) is 0 Å². The average Bonchev–Trinajstić information content (AvgIpc) is 2.72. The van der Waals surface area contributed by atoms with Gasteiger partial charge in [-0.3, -0.25) is 4.79 Å². The lowest BCUT2D eigenvalue weighted by Crippen LogP contribution is -2.60. The maximum atomic E-state index is 11.9. The number of hydrogen-bond acceptors (Lipinski definition) is 11. The molecule has 166 valence electrons. The van der Waals surface area contributed by atoms with Gasteiger partial charge < -0.3 is 50.0 Å². The van der Waals surface area contributed by atoms with E-state index in [9.17, 15) is 29.7 Å². The Labute approximate surface area is 166 Å². The van der Waals surface area contributed by atoms with Gasteiger partial charge in [0.05, 0.1) is 20.3 Å². The van der Waals surface area contributed by atoms with Crippen molar-refractivity contribution in [3.8, 4) is 0 Å². The summed E-state index contributed by atoms with van der Waals surface area (Å²) in [6.45, 7) is 1.60. The van der Waals surface area contributed by atoms with Crippen LogP contribution >= 0.6 is 0 Å². The standard InChI is InChI=1S/C16H26N2O11/c1-3-4-27-16(25)17-5-10(20)18-8(14(24)26-2)7-28-15-13(23)12(22)11(21)9(6-19)29-15/h3,8-9,11-13,15,19,21-23H,1,4-7H2,2H3,(H,17,25)(H,18,20)/t8-,9+,11-,12-,13+,15+/m0/s1. The van der Waals surface area contributed by atoms with Gasteiger partial charge in [-0.25, -0.2) is 9.59 Å². The minimum atomic E-state index is -1.68. The zero-order chi connectivity index (χ0) is 22.0. The number of rotatable bonds is 10. The minimum Gasteiger partial charge on any atom is -0.467 e. The molecule has 1 heterocycles. The molecule has 1 saturated heterocycles. The summed E-state index contributed by atoms with van der Waals surface area (Å²) < 4.78 is 19.5. The number of amides is 2. The zero-order valence-electron chi connectivity index (χ0n) is 15.7. The molecule has 0 saturated carbocycles. The third-order valence-corrected chi connectivity index (χ3v) is 3.82. The van der Waals surface area contributed by atoms with Gasteiger partial charge in [-0.05, 0) is 0 Å². The molecule has 2 amide bonds. The van der Waals surface area contributed by atoms with Crippen LogP contribution in [0.3, 0.4) is 0 Å². The Kier molecular flexibility index (Phi) is 10.5. The van der Waals surface area contributed by atoms with Gasteiger partial charge in [0.25, 0.3) is 0 Å². The van der Waals surface area contributed by atoms with Crippen LogP contribution in [0.1, 0.15) is 0 Å². The van der Waals surface area contributed by atoms with Crippen molar-refractivity contribution in [2.24, 2.45) is 0 Å². The number of carbonyl (C=O) groups is 3. The summed E-state index contributed by atoms with van der Waals surface area (Å²) in [5, 5.41) is 42.9. The van der Waals surface area contributed by atoms with Gasteiger partial charge in [0, 0.05) is 0 Å². The monoisotopic (exact) mass is 422 g/mol. The van der Waals surface area contributed by atoms with E-state index in [1.165, 1.54) is 6.08 Å². The fourth-order valence-corrected chi connectivity index (χ4v) is 2.29. The van der Waals surface area contributed by atoms with Crippen LogP contribution in [0.25, 0.3) is 0 Å². The number of alkyl carbamates (subject to hydrolysis) is 1. The van der Waals surface area contributed by atoms with E-state index in [2.05, 4.69) is 26.7 Å². The van der Waals surface area contributed by atoms with Crippen LogP contribution in [-0.4, -0.2) is 109 Å². The van der Waals surface area contributed by atoms with E-state index in [1.54, 1.807) is 0 Å². The Morgan fingerprint density at radius 3 is 2.48 bits per heavy atom. The predicted molar refractivity (Wildman–Crippen MR) is 93.2 cm³/mol. The summed E-state index contributed by atoms with van der Waals surface area (Å²) in [4.78, 5) is 35.0. The lowest BCUT2D eigenvalue weighted by molar-refractivity contribution is -0.301. The van der Waals surface area contributed by atoms with Gasteiger partial charge in [-0.1, -0.05) is 12.7 Å². The Bertz CT molecular complexity index is 571. The maximum Gasteiger partial charge on any atom is 0.407 e. The smallest absolute Gasteiger partial charge is 0.407 e. The third-order valence-electron chi connectivity index (χ3n) is 3.82. The Morgan fingerprint density at radius 2 is 1.90 bits per heavy atom. The third kappa shape index (κ3) is 7.56. The van der Waals surface area contributed by atoms with Crippen LogP contribution in [0.4, 0.5) is 4.79 Å². The van der Waals surface area contributed by atoms with E-state index >= 15 is 0 Å². The predicted octanol–water partition coefficient (Wildman–Crippen LogP) is -3.63. The number of methoxy groups -OCH3 is 1. The Balaban J connectivity index is 2.60. The SMILES string of the molecule is C=CCOC(=O)NCC(=O)N[C@@H](CO[C@@H]1O[C@H](CO)[C@H](O)[C@H](O)[C@H]1O)C(=O)OC. The van der Waals surface area contributed by atoms with Crippen molar-refractivity contribution in [2.45, 2.75) is 36.7 Å². The molecule has 1 aliphatic heterocycles. The summed E-state index contributed by atoms with van der Waals surface area (Å²) in [7, 11) is 1.07. The molecule has 0 spiro atoms. The maximum absolute atomic E-state index is 11.9. The lowest BCUT2D eigenvalue weighted by Gasteiger charge is -2.39. The zero-order valence-corrected chi connectivity index (χ0v) is 15.7. The highest BCUT2D eigenvalue weighted by Gasteiger charge is 2.44. The van der Waals surface area contributed by atoms with Gasteiger partial charge in [0.15, 0.2) is 12.3 Å². The van der Waals surface area contributed by atoms with Gasteiger partial charge in [0.1, 0.15) is 37.6 Å². The highest BCUT2D eigenvalue weighted by molar-refractivity contribution is 5.87. The average molecular weight is 422 g/mol. The molecule has 6 atom stereocenters. The second-order valence-corrected chi connectivity index (χ2v) is 5.91. The molecule has 0 unspecified atom stereocenters. The fourth-order valence-electron chi connectivity index (χ4n) is 2.29. The van der Waals surface area contributed by atoms with Crippen LogP contribution in [0.5, 0.6) is 0 Å². The molecule has 0 bridgehead atoms. The number of nitrogens with one attached hydrogen (secondary N) is 2. The molecule has 1 rings (SSSR count). The van der Waals surface area contributed by atoms with Gasteiger partial charge in [-0.15, -0.1) is 0 Å². The van der Waals surface area contributed by atoms with Crippen LogP contribution in [0, 0.1) is 0 Å². The molecule has 1 fully saturated rings. The summed E-state index contributed by atoms with van der Waals surface area (Å²) in [6, 6.07) is -1.34. The highest BCUT2D eigenvalue weighted by Crippen LogP contribution is 2.22. The first-order valence-electron chi connectivity index (χ1n) is 8.55. The van der Waals surface area contributed by atoms with Crippen LogP contribution in [0.2, 0.25) is 0 Å². The molecule has 0 aromatic carbocycles. The molecular weight excluding hydrogens is 396 g/mol. The summed E-state index contributed by atoms with van der Waals surface area (Å²) in [5.41, 5.74) is 0. The quantitative estimate of drug-likeness (QED) is 0.150. The number of aliphatic hydroxyl groups excluding tert-OH is 4. The largest absolute Gasteiger partial charge is 0.467 e. The molecule has 0 radical (unpaired) electrons. The molecule has 0 aromatic rings. The van der Waals surface area contributed by atoms with E-state index < -0.39 is 74.5 Å². The minimum absolute atomic E-state index is 0.0504. The topological polar surface area (TPSA) is 193 Å². The fraction of sp³-hybridized carbons (Fsp3) is 0.688. The molecule has 6 N–H and O–H groups in total. The van der Waals surface area contributed by atoms with E-state index in [4.69, 9.17) is 14.6 Å². The van der Waals surface area contributed by atoms with Gasteiger partial charge >= 0.3 is 12.1 Å². The van der Waals surface area contributed by atoms with Crippen molar-refractivity contribution in [2.75, 3.05) is 33.5 Å². The van der Waals surface area contributed by atoms with E-state index in [-0.39, 0.29) is 6.61 Å². The Morgan fingerprint density at radius 1 is 1.21 bits per heavy atom. The van der Waals surface area contributed by atoms with Crippen molar-refractivity contribution >= 4 is 18.0 Å². The first-order chi connectivity index (χ1) is 13.7. The molecule has 0 aliphatic carbocycles. The van der Waals surface area contributed by atoms with E-state index in [0.717, 1.165) is 7.11 Å². The normalized spacial score (nSPS) is 27.4. The van der Waals surface area contributed by atoms with Crippen molar-refractivity contribution in [3.05, 3.63) is 12.7 Å². The summed E-state index contributed by atoms with van der Waals surface area (Å²) in [6.07, 6.45) is -7.14. The molecule has 0 aromatic heterocycles. The van der Waals surface area contributed by atoms with Crippen molar-refractivity contribution in [1.82, 2.24) is 10.6 Å². The Hall–Kier alpha value is -2.29. The second kappa shape index (κ2) is 12.3. The van der Waals surface area contributed by atoms with Crippen LogP contribution < -0.4 is 10.6 Å². The summed E-state index contributed by atoms with van der Waals surface area (Å²) in [5.74, 6) is -1.66. The van der Waals surface area contributed by atoms with Gasteiger partial charge in [0.2, 0.25) is 5.91 Å². The van der Waals surface area contributed by atoms with Crippen molar-refractivity contribution in [3.63, 3.8) is 0 Å². The lowest BCUT2D eigenvalue weighted by atomic mass is 9.99. The molecule has 29 heavy (non-hydrogen) atoms. The van der Waals surface area contributed by atoms with Crippen LogP contribution in [0.15, 0.2) is 12.7 Å². The van der Waals surface area contributed by atoms with Crippen molar-refractivity contribution < 1.29 is 53.8 Å². The highest BCUT2D eigenvalue weighted by atomic mass is 16.7. The first-order valence-corrected chi connectivity index (χ1v) is 8.55. The molecule has 13 heteroatoms. The number of esters is 1. The second-order valence-electron chi connectivity index (χ2n) is 5.91. The molecular formula is C16H26N2O11. The number of hydrogen-bond donors (Lipinski definition) is 6. The summed E-state index contributed by atoms with van der Waals surface area (Å²) >= 11 is 0. The first kappa shape index (κ1) is 24.7. The van der Waals surface area contributed by atoms with Crippen LogP contribution in [-0.2, 0) is 28.5 Å². The number of carbonyl (C=O) groups excluding carboxylic acids is 3. The number of ether oxygens (including phenoxy) is 4. The van der Waals surface area contributed by atoms with E-state index in [0.29, 0.717) is 0 Å². The molecule has 1 aliphatic rings. The molecule has 13 nitrogen and oxygen atoms in total. The van der Waals surface area contributed by atoms with Gasteiger partial charge in [-0.2, -0.15) is 0 Å². The number of aliphatic hydroxyl groups is 4.